The predicted octanol–water partition coefficient (Wildman–Crippen LogP) is 3.81. The van der Waals surface area contributed by atoms with Crippen LogP contribution in [0.25, 0.3) is 23.1 Å². The van der Waals surface area contributed by atoms with Crippen LogP contribution in [0, 0.1) is 0 Å². The van der Waals surface area contributed by atoms with Crippen LogP contribution in [0.2, 0.25) is 0 Å². The lowest BCUT2D eigenvalue weighted by atomic mass is 9.90. The van der Waals surface area contributed by atoms with Crippen molar-refractivity contribution < 1.29 is 9.47 Å². The maximum Gasteiger partial charge on any atom is 0.186 e. The van der Waals surface area contributed by atoms with Crippen LogP contribution in [-0.2, 0) is 0 Å². The molecule has 2 unspecified atom stereocenters. The molecule has 33 heavy (non-hydrogen) atoms. The third-order valence-corrected chi connectivity index (χ3v) is 5.84. The molecule has 5 N–H and O–H groups in total. The number of anilines is 1. The third-order valence-electron chi connectivity index (χ3n) is 5.84. The molecule has 0 radical (unpaired) electrons. The molecule has 172 valence electrons. The number of hydrogen-bond donors (Lipinski definition) is 3. The van der Waals surface area contributed by atoms with Crippen molar-refractivity contribution in [1.29, 1.82) is 0 Å². The Balaban J connectivity index is 1.73. The van der Waals surface area contributed by atoms with Gasteiger partial charge in [0, 0.05) is 10.9 Å². The fraction of sp³-hybridized carbons (Fsp3) is 0.320. The zero-order chi connectivity index (χ0) is 23.2. The summed E-state index contributed by atoms with van der Waals surface area (Å²) in [6.45, 7) is 0. The highest BCUT2D eigenvalue weighted by Crippen LogP contribution is 2.30. The minimum Gasteiger partial charge on any atom is -0.497 e. The zero-order valence-corrected chi connectivity index (χ0v) is 19.0. The molecular formula is C25H30N6O2. The number of aliphatic imine (C=N–C) groups is 1. The Morgan fingerprint density at radius 3 is 2.64 bits per heavy atom. The Labute approximate surface area is 193 Å². The van der Waals surface area contributed by atoms with Gasteiger partial charge in [0.25, 0.3) is 0 Å². The molecule has 2 aromatic carbocycles. The molecule has 0 aliphatic heterocycles. The van der Waals surface area contributed by atoms with Crippen LogP contribution in [0.5, 0.6) is 11.5 Å². The van der Waals surface area contributed by atoms with E-state index in [1.165, 1.54) is 0 Å². The highest BCUT2D eigenvalue weighted by molar-refractivity contribution is 5.91. The number of aromatic nitrogens is 2. The van der Waals surface area contributed by atoms with Gasteiger partial charge in [0.05, 0.1) is 31.8 Å². The fourth-order valence-electron chi connectivity index (χ4n) is 4.21. The maximum atomic E-state index is 5.69. The van der Waals surface area contributed by atoms with E-state index in [0.717, 1.165) is 59.5 Å². The van der Waals surface area contributed by atoms with Crippen LogP contribution in [0.4, 0.5) is 5.82 Å². The molecule has 1 aromatic heterocycles. The number of para-hydroxylation sites is 1. The predicted molar refractivity (Wildman–Crippen MR) is 133 cm³/mol. The summed E-state index contributed by atoms with van der Waals surface area (Å²) in [5.41, 5.74) is 13.2. The topological polar surface area (TPSA) is 121 Å². The summed E-state index contributed by atoms with van der Waals surface area (Å²) in [5, 5.41) is 4.50. The summed E-state index contributed by atoms with van der Waals surface area (Å²) in [6, 6.07) is 13.7. The lowest BCUT2D eigenvalue weighted by Crippen LogP contribution is -2.38. The first kappa shape index (κ1) is 22.4. The van der Waals surface area contributed by atoms with Crippen molar-refractivity contribution in [1.82, 2.24) is 9.97 Å². The Kier molecular flexibility index (Phi) is 6.92. The lowest BCUT2D eigenvalue weighted by Gasteiger charge is -2.30. The molecule has 0 amide bonds. The molecule has 2 atom stereocenters. The number of nitrogens with zero attached hydrogens (tertiary/aromatic N) is 3. The van der Waals surface area contributed by atoms with E-state index < -0.39 is 0 Å². The van der Waals surface area contributed by atoms with Gasteiger partial charge < -0.3 is 26.3 Å². The van der Waals surface area contributed by atoms with Crippen molar-refractivity contribution in [2.45, 2.75) is 37.8 Å². The first-order valence-electron chi connectivity index (χ1n) is 11.1. The van der Waals surface area contributed by atoms with E-state index in [-0.39, 0.29) is 18.0 Å². The number of methoxy groups -OCH3 is 2. The molecule has 1 fully saturated rings. The molecular weight excluding hydrogens is 416 g/mol. The summed E-state index contributed by atoms with van der Waals surface area (Å²) < 4.78 is 10.9. The molecule has 1 saturated carbocycles. The minimum atomic E-state index is 0.00643. The number of ether oxygens (including phenoxy) is 2. The summed E-state index contributed by atoms with van der Waals surface area (Å²) in [5.74, 6) is 2.98. The van der Waals surface area contributed by atoms with Gasteiger partial charge in [-0.25, -0.2) is 15.0 Å². The number of nitrogens with one attached hydrogen (secondary N) is 1. The molecule has 1 heterocycles. The van der Waals surface area contributed by atoms with Gasteiger partial charge in [-0.05, 0) is 49.3 Å². The number of fused-ring (bicyclic) bond motifs is 1. The van der Waals surface area contributed by atoms with Crippen molar-refractivity contribution in [2.75, 3.05) is 19.5 Å². The molecule has 0 saturated heterocycles. The second-order valence-electron chi connectivity index (χ2n) is 8.05. The Morgan fingerprint density at radius 2 is 1.85 bits per heavy atom. The van der Waals surface area contributed by atoms with Crippen molar-refractivity contribution in [3.63, 3.8) is 0 Å². The quantitative estimate of drug-likeness (QED) is 0.373. The molecule has 0 spiro atoms. The summed E-state index contributed by atoms with van der Waals surface area (Å²) >= 11 is 0. The average molecular weight is 447 g/mol. The summed E-state index contributed by atoms with van der Waals surface area (Å²) in [4.78, 5) is 14.0. The Bertz CT molecular complexity index is 1170. The van der Waals surface area contributed by atoms with Gasteiger partial charge in [-0.15, -0.1) is 0 Å². The van der Waals surface area contributed by atoms with E-state index in [0.29, 0.717) is 5.82 Å². The zero-order valence-electron chi connectivity index (χ0n) is 19.0. The third kappa shape index (κ3) is 5.34. The number of nitrogens with two attached hydrogens (primary N) is 2. The summed E-state index contributed by atoms with van der Waals surface area (Å²) in [7, 11) is 3.31. The SMILES string of the molecule is COc1ccc2nc(/C=C/c3ccccc3OC)nc(NC3CCCCC3N=C(N)N)c2c1. The van der Waals surface area contributed by atoms with Crippen LogP contribution in [-0.4, -0.2) is 42.2 Å². The van der Waals surface area contributed by atoms with Crippen molar-refractivity contribution in [2.24, 2.45) is 16.5 Å². The van der Waals surface area contributed by atoms with E-state index in [1.54, 1.807) is 14.2 Å². The van der Waals surface area contributed by atoms with Gasteiger partial charge in [-0.1, -0.05) is 31.0 Å². The molecule has 3 aromatic rings. The summed E-state index contributed by atoms with van der Waals surface area (Å²) in [6.07, 6.45) is 7.95. The van der Waals surface area contributed by atoms with Gasteiger partial charge in [0.2, 0.25) is 0 Å². The maximum absolute atomic E-state index is 5.69. The average Bonchev–Trinajstić information content (AvgIpc) is 2.83. The van der Waals surface area contributed by atoms with Crippen LogP contribution >= 0.6 is 0 Å². The monoisotopic (exact) mass is 446 g/mol. The number of hydrogen-bond acceptors (Lipinski definition) is 6. The lowest BCUT2D eigenvalue weighted by molar-refractivity contribution is 0.405. The van der Waals surface area contributed by atoms with Gasteiger partial charge >= 0.3 is 0 Å². The standard InChI is InChI=1S/C25H30N6O2/c1-32-17-12-13-19-18(15-17)24(29-20-8-4-5-9-21(20)30-25(26)27)31-23(28-19)14-11-16-7-3-6-10-22(16)33-2/h3,6-7,10-15,20-21H,4-5,8-9H2,1-2H3,(H4,26,27,30)(H,28,29,31)/b14-11+. The highest BCUT2D eigenvalue weighted by atomic mass is 16.5. The second kappa shape index (κ2) is 10.2. The molecule has 8 nitrogen and oxygen atoms in total. The Hall–Kier alpha value is -3.81. The number of benzene rings is 2. The van der Waals surface area contributed by atoms with Gasteiger partial charge in [0.1, 0.15) is 17.3 Å². The fourth-order valence-corrected chi connectivity index (χ4v) is 4.21. The molecule has 8 heteroatoms. The molecule has 1 aliphatic carbocycles. The van der Waals surface area contributed by atoms with Crippen molar-refractivity contribution >= 4 is 34.8 Å². The van der Waals surface area contributed by atoms with E-state index in [2.05, 4.69) is 10.3 Å². The van der Waals surface area contributed by atoms with Gasteiger partial charge in [0.15, 0.2) is 11.8 Å². The van der Waals surface area contributed by atoms with E-state index in [1.807, 2.05) is 54.6 Å². The van der Waals surface area contributed by atoms with Crippen LogP contribution < -0.4 is 26.3 Å². The second-order valence-corrected chi connectivity index (χ2v) is 8.05. The van der Waals surface area contributed by atoms with E-state index in [4.69, 9.17) is 30.9 Å². The first-order chi connectivity index (χ1) is 16.1. The van der Waals surface area contributed by atoms with Crippen LogP contribution in [0.1, 0.15) is 37.1 Å². The van der Waals surface area contributed by atoms with E-state index in [9.17, 15) is 0 Å². The minimum absolute atomic E-state index is 0.00643. The van der Waals surface area contributed by atoms with E-state index >= 15 is 0 Å². The number of rotatable bonds is 7. The largest absolute Gasteiger partial charge is 0.497 e. The molecule has 4 rings (SSSR count). The van der Waals surface area contributed by atoms with Gasteiger partial charge in [-0.3, -0.25) is 0 Å². The smallest absolute Gasteiger partial charge is 0.186 e. The van der Waals surface area contributed by atoms with Gasteiger partial charge in [-0.2, -0.15) is 0 Å². The normalized spacial score (nSPS) is 18.2. The molecule has 0 bridgehead atoms. The van der Waals surface area contributed by atoms with Crippen molar-refractivity contribution in [3.8, 4) is 11.5 Å². The molecule has 1 aliphatic rings. The van der Waals surface area contributed by atoms with Crippen LogP contribution in [0.3, 0.4) is 0 Å². The number of guanidine groups is 1. The van der Waals surface area contributed by atoms with Crippen LogP contribution in [0.15, 0.2) is 47.5 Å². The highest BCUT2D eigenvalue weighted by Gasteiger charge is 2.26. The Morgan fingerprint density at radius 1 is 1.03 bits per heavy atom. The first-order valence-corrected chi connectivity index (χ1v) is 11.1. The van der Waals surface area contributed by atoms with Crippen molar-refractivity contribution in [3.05, 3.63) is 53.9 Å².